The Kier molecular flexibility index (Phi) is 2.99. The van der Waals surface area contributed by atoms with Crippen molar-refractivity contribution >= 4 is 17.7 Å². The predicted molar refractivity (Wildman–Crippen MR) is 66.5 cm³/mol. The summed E-state index contributed by atoms with van der Waals surface area (Å²) in [5, 5.41) is 12.5. The molecule has 0 aromatic rings. The molecule has 3 atom stereocenters. The van der Waals surface area contributed by atoms with Crippen LogP contribution in [0.1, 0.15) is 40.0 Å². The number of carbonyl (C=O) groups is 1. The van der Waals surface area contributed by atoms with Crippen LogP contribution < -0.4 is 5.32 Å². The highest BCUT2D eigenvalue weighted by atomic mass is 32.2. The fourth-order valence-electron chi connectivity index (χ4n) is 3.29. The molecule has 16 heavy (non-hydrogen) atoms. The molecule has 0 amide bonds. The number of carboxylic acids is 1. The lowest BCUT2D eigenvalue weighted by atomic mass is 9.91. The van der Waals surface area contributed by atoms with Gasteiger partial charge in [-0.2, -0.15) is 0 Å². The zero-order valence-corrected chi connectivity index (χ0v) is 11.1. The fourth-order valence-corrected chi connectivity index (χ4v) is 5.09. The number of nitrogens with one attached hydrogen (secondary N) is 1. The van der Waals surface area contributed by atoms with E-state index in [0.29, 0.717) is 11.3 Å². The normalized spacial score (nSPS) is 42.4. The standard InChI is InChI=1S/C12H21NO2S/c1-8-6-11(2,3)7-12(8)13-9(10(14)15)4-5-16-12/h8-9,13H,4-7H2,1-3H3,(H,14,15). The minimum Gasteiger partial charge on any atom is -0.480 e. The lowest BCUT2D eigenvalue weighted by Crippen LogP contribution is -2.56. The van der Waals surface area contributed by atoms with Gasteiger partial charge in [0, 0.05) is 0 Å². The van der Waals surface area contributed by atoms with Gasteiger partial charge < -0.3 is 5.11 Å². The number of thioether (sulfide) groups is 1. The molecule has 2 rings (SSSR count). The Balaban J connectivity index is 2.16. The quantitative estimate of drug-likeness (QED) is 0.742. The lowest BCUT2D eigenvalue weighted by molar-refractivity contribution is -0.140. The van der Waals surface area contributed by atoms with E-state index in [1.165, 1.54) is 6.42 Å². The zero-order chi connectivity index (χ0) is 12.0. The smallest absolute Gasteiger partial charge is 0.320 e. The molecule has 0 aromatic carbocycles. The van der Waals surface area contributed by atoms with Crippen molar-refractivity contribution in [1.29, 1.82) is 0 Å². The van der Waals surface area contributed by atoms with E-state index in [-0.39, 0.29) is 10.9 Å². The first-order valence-corrected chi connectivity index (χ1v) is 6.98. The monoisotopic (exact) mass is 243 g/mol. The Morgan fingerprint density at radius 2 is 2.19 bits per heavy atom. The molecule has 0 aromatic heterocycles. The number of rotatable bonds is 1. The van der Waals surface area contributed by atoms with Gasteiger partial charge in [0.15, 0.2) is 0 Å². The first kappa shape index (κ1) is 12.2. The van der Waals surface area contributed by atoms with Crippen LogP contribution in [0.25, 0.3) is 0 Å². The highest BCUT2D eigenvalue weighted by Crippen LogP contribution is 2.54. The summed E-state index contributed by atoms with van der Waals surface area (Å²) in [7, 11) is 0. The number of hydrogen-bond donors (Lipinski definition) is 2. The van der Waals surface area contributed by atoms with E-state index in [9.17, 15) is 4.79 Å². The Bertz CT molecular complexity index is 305. The summed E-state index contributed by atoms with van der Waals surface area (Å²) >= 11 is 1.93. The van der Waals surface area contributed by atoms with Gasteiger partial charge in [-0.25, -0.2) is 0 Å². The molecule has 4 heteroatoms. The van der Waals surface area contributed by atoms with Gasteiger partial charge in [0.1, 0.15) is 6.04 Å². The summed E-state index contributed by atoms with van der Waals surface area (Å²) in [5.74, 6) is 0.816. The minimum atomic E-state index is -0.698. The molecule has 1 saturated carbocycles. The van der Waals surface area contributed by atoms with Crippen LogP contribution in [0.5, 0.6) is 0 Å². The Morgan fingerprint density at radius 1 is 1.50 bits per heavy atom. The first-order chi connectivity index (χ1) is 7.35. The second-order valence-corrected chi connectivity index (χ2v) is 7.43. The van der Waals surface area contributed by atoms with Gasteiger partial charge in [-0.05, 0) is 36.3 Å². The van der Waals surface area contributed by atoms with E-state index in [0.717, 1.165) is 18.6 Å². The number of aliphatic carboxylic acids is 1. The van der Waals surface area contributed by atoms with Crippen LogP contribution in [-0.4, -0.2) is 27.7 Å². The maximum atomic E-state index is 11.1. The molecule has 2 fully saturated rings. The summed E-state index contributed by atoms with van der Waals surface area (Å²) in [6, 6.07) is -0.349. The van der Waals surface area contributed by atoms with E-state index in [1.54, 1.807) is 0 Å². The number of hydrogen-bond acceptors (Lipinski definition) is 3. The van der Waals surface area contributed by atoms with Gasteiger partial charge in [-0.1, -0.05) is 20.8 Å². The molecule has 3 unspecified atom stereocenters. The first-order valence-electron chi connectivity index (χ1n) is 5.99. The Morgan fingerprint density at radius 3 is 2.69 bits per heavy atom. The molecule has 1 spiro atoms. The molecule has 1 heterocycles. The van der Waals surface area contributed by atoms with Crippen molar-refractivity contribution in [1.82, 2.24) is 5.32 Å². The highest BCUT2D eigenvalue weighted by molar-refractivity contribution is 8.00. The molecule has 2 aliphatic rings. The van der Waals surface area contributed by atoms with E-state index in [1.807, 2.05) is 11.8 Å². The number of carboxylic acid groups (broad SMARTS) is 1. The van der Waals surface area contributed by atoms with Crippen LogP contribution in [0, 0.1) is 11.3 Å². The zero-order valence-electron chi connectivity index (χ0n) is 10.2. The van der Waals surface area contributed by atoms with Crippen LogP contribution in [0.4, 0.5) is 0 Å². The van der Waals surface area contributed by atoms with Crippen molar-refractivity contribution in [2.75, 3.05) is 5.75 Å². The van der Waals surface area contributed by atoms with E-state index in [2.05, 4.69) is 26.1 Å². The van der Waals surface area contributed by atoms with Gasteiger partial charge in [-0.3, -0.25) is 10.1 Å². The molecule has 1 aliphatic heterocycles. The van der Waals surface area contributed by atoms with Crippen molar-refractivity contribution in [3.8, 4) is 0 Å². The van der Waals surface area contributed by atoms with E-state index in [4.69, 9.17) is 5.11 Å². The molecule has 3 nitrogen and oxygen atoms in total. The molecule has 0 radical (unpaired) electrons. The van der Waals surface area contributed by atoms with Gasteiger partial charge in [0.05, 0.1) is 4.87 Å². The summed E-state index contributed by atoms with van der Waals surface area (Å²) in [6.45, 7) is 6.81. The highest BCUT2D eigenvalue weighted by Gasteiger charge is 2.51. The second-order valence-electron chi connectivity index (χ2n) is 6.01. The SMILES string of the molecule is CC1CC(C)(C)CC12NC(C(=O)O)CCS2. The van der Waals surface area contributed by atoms with Gasteiger partial charge in [0.25, 0.3) is 0 Å². The van der Waals surface area contributed by atoms with Crippen LogP contribution in [0.3, 0.4) is 0 Å². The third-order valence-electron chi connectivity index (χ3n) is 3.88. The third-order valence-corrected chi connectivity index (χ3v) is 5.50. The molecule has 2 N–H and O–H groups in total. The average molecular weight is 243 g/mol. The van der Waals surface area contributed by atoms with Gasteiger partial charge >= 0.3 is 5.97 Å². The molecule has 92 valence electrons. The van der Waals surface area contributed by atoms with E-state index < -0.39 is 5.97 Å². The maximum Gasteiger partial charge on any atom is 0.320 e. The average Bonchev–Trinajstić information content (AvgIpc) is 2.36. The van der Waals surface area contributed by atoms with Crippen LogP contribution in [0.2, 0.25) is 0 Å². The third kappa shape index (κ3) is 2.09. The summed E-state index contributed by atoms with van der Waals surface area (Å²) in [5.41, 5.74) is 0.333. The molecule has 1 saturated heterocycles. The fraction of sp³-hybridized carbons (Fsp3) is 0.917. The predicted octanol–water partition coefficient (Wildman–Crippen LogP) is 2.32. The largest absolute Gasteiger partial charge is 0.480 e. The van der Waals surface area contributed by atoms with Crippen LogP contribution >= 0.6 is 11.8 Å². The van der Waals surface area contributed by atoms with Crippen LogP contribution in [0.15, 0.2) is 0 Å². The van der Waals surface area contributed by atoms with Gasteiger partial charge in [-0.15, -0.1) is 11.8 Å². The maximum absolute atomic E-state index is 11.1. The van der Waals surface area contributed by atoms with Crippen molar-refractivity contribution < 1.29 is 9.90 Å². The Hall–Kier alpha value is -0.220. The molecular weight excluding hydrogens is 222 g/mol. The van der Waals surface area contributed by atoms with Gasteiger partial charge in [0.2, 0.25) is 0 Å². The summed E-state index contributed by atoms with van der Waals surface area (Å²) in [6.07, 6.45) is 3.00. The second kappa shape index (κ2) is 3.91. The van der Waals surface area contributed by atoms with Crippen molar-refractivity contribution in [2.45, 2.75) is 50.9 Å². The minimum absolute atomic E-state index is 0.00477. The lowest BCUT2D eigenvalue weighted by Gasteiger charge is -2.41. The van der Waals surface area contributed by atoms with Crippen LogP contribution in [-0.2, 0) is 4.79 Å². The van der Waals surface area contributed by atoms with Crippen molar-refractivity contribution in [2.24, 2.45) is 11.3 Å². The van der Waals surface area contributed by atoms with Crippen molar-refractivity contribution in [3.63, 3.8) is 0 Å². The molecule has 0 bridgehead atoms. The molecule has 1 aliphatic carbocycles. The summed E-state index contributed by atoms with van der Waals surface area (Å²) in [4.78, 5) is 11.1. The molecular formula is C12H21NO2S. The topological polar surface area (TPSA) is 49.3 Å². The van der Waals surface area contributed by atoms with E-state index >= 15 is 0 Å². The summed E-state index contributed by atoms with van der Waals surface area (Å²) < 4.78 is 0. The van der Waals surface area contributed by atoms with Crippen molar-refractivity contribution in [3.05, 3.63) is 0 Å². The Labute approximate surface area is 101 Å².